The van der Waals surface area contributed by atoms with E-state index in [9.17, 15) is 9.90 Å². The van der Waals surface area contributed by atoms with Crippen molar-refractivity contribution in [3.8, 4) is 0 Å². The summed E-state index contributed by atoms with van der Waals surface area (Å²) in [6.07, 6.45) is 4.49. The molecule has 0 radical (unpaired) electrons. The van der Waals surface area contributed by atoms with Crippen LogP contribution >= 0.6 is 11.3 Å². The highest BCUT2D eigenvalue weighted by molar-refractivity contribution is 7.09. The Morgan fingerprint density at radius 3 is 2.68 bits per heavy atom. The summed E-state index contributed by atoms with van der Waals surface area (Å²) in [7, 11) is 0. The fraction of sp³-hybridized carbons (Fsp3) is 0.579. The molecule has 0 aliphatic carbocycles. The SMILES string of the molecule is Cc1nc(C(=O)N[C@@]2(C)CCOC3(CCN(c4ncccn4)CC3)[C@@H]2O)cs1. The van der Waals surface area contributed by atoms with Crippen LogP contribution in [0.15, 0.2) is 23.8 Å². The van der Waals surface area contributed by atoms with Crippen LogP contribution in [0.2, 0.25) is 0 Å². The highest BCUT2D eigenvalue weighted by Gasteiger charge is 2.54. The maximum absolute atomic E-state index is 12.6. The van der Waals surface area contributed by atoms with Gasteiger partial charge in [-0.3, -0.25) is 4.79 Å². The molecular formula is C19H25N5O3S. The van der Waals surface area contributed by atoms with E-state index >= 15 is 0 Å². The third kappa shape index (κ3) is 3.49. The van der Waals surface area contributed by atoms with Crippen molar-refractivity contribution in [3.63, 3.8) is 0 Å². The standard InChI is InChI=1S/C19H25N5O3S/c1-13-22-14(12-28-13)15(25)23-18(2)6-11-27-19(16(18)26)4-9-24(10-5-19)17-20-7-3-8-21-17/h3,7-8,12,16,26H,4-6,9-11H2,1-2H3,(H,23,25)/t16-,18+/m1/s1. The van der Waals surface area contributed by atoms with Gasteiger partial charge in [0.1, 0.15) is 11.8 Å². The first kappa shape index (κ1) is 19.2. The number of rotatable bonds is 3. The molecule has 8 nitrogen and oxygen atoms in total. The molecule has 1 spiro atoms. The van der Waals surface area contributed by atoms with E-state index in [4.69, 9.17) is 4.74 Å². The number of carbonyl (C=O) groups is 1. The maximum atomic E-state index is 12.6. The Balaban J connectivity index is 1.47. The van der Waals surface area contributed by atoms with E-state index < -0.39 is 17.2 Å². The molecule has 2 atom stereocenters. The monoisotopic (exact) mass is 403 g/mol. The minimum Gasteiger partial charge on any atom is -0.388 e. The summed E-state index contributed by atoms with van der Waals surface area (Å²) < 4.78 is 6.11. The third-order valence-electron chi connectivity index (χ3n) is 5.81. The van der Waals surface area contributed by atoms with E-state index in [0.29, 0.717) is 50.6 Å². The van der Waals surface area contributed by atoms with Crippen LogP contribution in [0.4, 0.5) is 5.95 Å². The minimum absolute atomic E-state index is 0.252. The Bertz CT molecular complexity index is 837. The Morgan fingerprint density at radius 2 is 2.04 bits per heavy atom. The van der Waals surface area contributed by atoms with Crippen LogP contribution in [0, 0.1) is 6.92 Å². The molecule has 2 aliphatic heterocycles. The number of nitrogens with one attached hydrogen (secondary N) is 1. The highest BCUT2D eigenvalue weighted by Crippen LogP contribution is 2.40. The normalized spacial score (nSPS) is 27.0. The number of hydrogen-bond acceptors (Lipinski definition) is 8. The molecule has 2 aromatic rings. The predicted molar refractivity (Wildman–Crippen MR) is 106 cm³/mol. The Kier molecular flexibility index (Phi) is 5.07. The summed E-state index contributed by atoms with van der Waals surface area (Å²) in [5, 5.41) is 16.9. The number of ether oxygens (including phenoxy) is 1. The van der Waals surface area contributed by atoms with Crippen LogP contribution in [-0.4, -0.2) is 62.9 Å². The third-order valence-corrected chi connectivity index (χ3v) is 6.58. The van der Waals surface area contributed by atoms with Crippen molar-refractivity contribution in [3.05, 3.63) is 34.5 Å². The number of carbonyl (C=O) groups excluding carboxylic acids is 1. The van der Waals surface area contributed by atoms with Crippen molar-refractivity contribution in [1.82, 2.24) is 20.3 Å². The number of piperidine rings is 1. The number of aryl methyl sites for hydroxylation is 1. The lowest BCUT2D eigenvalue weighted by molar-refractivity contribution is -0.195. The number of amides is 1. The molecule has 1 amide bonds. The zero-order valence-electron chi connectivity index (χ0n) is 16.1. The van der Waals surface area contributed by atoms with Crippen LogP contribution in [0.25, 0.3) is 0 Å². The molecule has 2 N–H and O–H groups in total. The van der Waals surface area contributed by atoms with Gasteiger partial charge in [-0.15, -0.1) is 11.3 Å². The summed E-state index contributed by atoms with van der Waals surface area (Å²) in [6.45, 7) is 5.63. The predicted octanol–water partition coefficient (Wildman–Crippen LogP) is 1.55. The van der Waals surface area contributed by atoms with Crippen LogP contribution in [0.3, 0.4) is 0 Å². The molecule has 2 aliphatic rings. The minimum atomic E-state index is -0.809. The molecule has 4 rings (SSSR count). The molecule has 2 saturated heterocycles. The van der Waals surface area contributed by atoms with Crippen molar-refractivity contribution >= 4 is 23.2 Å². The molecule has 0 bridgehead atoms. The van der Waals surface area contributed by atoms with E-state index in [1.807, 2.05) is 13.8 Å². The van der Waals surface area contributed by atoms with Crippen molar-refractivity contribution < 1.29 is 14.6 Å². The second-order valence-corrected chi connectivity index (χ2v) is 8.79. The van der Waals surface area contributed by atoms with Gasteiger partial charge in [-0.05, 0) is 39.2 Å². The van der Waals surface area contributed by atoms with Crippen LogP contribution < -0.4 is 10.2 Å². The Morgan fingerprint density at radius 1 is 1.32 bits per heavy atom. The van der Waals surface area contributed by atoms with E-state index in [2.05, 4.69) is 25.2 Å². The van der Waals surface area contributed by atoms with Gasteiger partial charge in [0, 0.05) is 37.5 Å². The molecule has 4 heterocycles. The van der Waals surface area contributed by atoms with Gasteiger partial charge in [0.05, 0.1) is 16.1 Å². The molecule has 28 heavy (non-hydrogen) atoms. The molecule has 150 valence electrons. The molecule has 2 fully saturated rings. The largest absolute Gasteiger partial charge is 0.388 e. The van der Waals surface area contributed by atoms with Crippen molar-refractivity contribution in [2.45, 2.75) is 50.4 Å². The van der Waals surface area contributed by atoms with Gasteiger partial charge in [-0.25, -0.2) is 15.0 Å². The van der Waals surface area contributed by atoms with E-state index in [0.717, 1.165) is 5.01 Å². The lowest BCUT2D eigenvalue weighted by Gasteiger charge is -2.53. The van der Waals surface area contributed by atoms with Crippen LogP contribution in [-0.2, 0) is 4.74 Å². The average Bonchev–Trinajstić information content (AvgIpc) is 3.14. The maximum Gasteiger partial charge on any atom is 0.271 e. The van der Waals surface area contributed by atoms with E-state index in [1.165, 1.54) is 11.3 Å². The summed E-state index contributed by atoms with van der Waals surface area (Å²) in [6, 6.07) is 1.79. The number of aliphatic hydroxyl groups excluding tert-OH is 1. The summed E-state index contributed by atoms with van der Waals surface area (Å²) in [5.41, 5.74) is -1.05. The molecule has 0 unspecified atom stereocenters. The molecule has 9 heteroatoms. The van der Waals surface area contributed by atoms with Gasteiger partial charge in [0.15, 0.2) is 0 Å². The first-order valence-electron chi connectivity index (χ1n) is 9.51. The smallest absolute Gasteiger partial charge is 0.271 e. The number of nitrogens with zero attached hydrogens (tertiary/aromatic N) is 4. The quantitative estimate of drug-likeness (QED) is 0.802. The van der Waals surface area contributed by atoms with Gasteiger partial charge in [0.25, 0.3) is 5.91 Å². The van der Waals surface area contributed by atoms with Gasteiger partial charge in [-0.1, -0.05) is 0 Å². The number of aliphatic hydroxyl groups is 1. The van der Waals surface area contributed by atoms with E-state index in [1.54, 1.807) is 23.8 Å². The first-order chi connectivity index (χ1) is 13.4. The van der Waals surface area contributed by atoms with Gasteiger partial charge in [0.2, 0.25) is 5.95 Å². The fourth-order valence-corrected chi connectivity index (χ4v) is 4.74. The summed E-state index contributed by atoms with van der Waals surface area (Å²) >= 11 is 1.44. The van der Waals surface area contributed by atoms with Gasteiger partial charge >= 0.3 is 0 Å². The van der Waals surface area contributed by atoms with Crippen LogP contribution in [0.5, 0.6) is 0 Å². The molecule has 0 saturated carbocycles. The van der Waals surface area contributed by atoms with Gasteiger partial charge in [-0.2, -0.15) is 0 Å². The number of aromatic nitrogens is 3. The lowest BCUT2D eigenvalue weighted by atomic mass is 9.73. The fourth-order valence-electron chi connectivity index (χ4n) is 4.14. The van der Waals surface area contributed by atoms with Gasteiger partial charge < -0.3 is 20.1 Å². The average molecular weight is 404 g/mol. The van der Waals surface area contributed by atoms with Crippen molar-refractivity contribution in [1.29, 1.82) is 0 Å². The van der Waals surface area contributed by atoms with Crippen LogP contribution in [0.1, 0.15) is 41.7 Å². The lowest BCUT2D eigenvalue weighted by Crippen LogP contribution is -2.69. The molecule has 2 aromatic heterocycles. The molecular weight excluding hydrogens is 378 g/mol. The van der Waals surface area contributed by atoms with Crippen molar-refractivity contribution in [2.75, 3.05) is 24.6 Å². The zero-order valence-corrected chi connectivity index (χ0v) is 16.9. The van der Waals surface area contributed by atoms with E-state index in [-0.39, 0.29) is 5.91 Å². The topological polar surface area (TPSA) is 100 Å². The summed E-state index contributed by atoms with van der Waals surface area (Å²) in [5.74, 6) is 0.440. The second-order valence-electron chi connectivity index (χ2n) is 7.72. The summed E-state index contributed by atoms with van der Waals surface area (Å²) in [4.78, 5) is 27.6. The number of thiazole rings is 1. The Labute approximate surface area is 168 Å². The number of anilines is 1. The number of hydrogen-bond donors (Lipinski definition) is 2. The Hall–Kier alpha value is -2.10. The van der Waals surface area contributed by atoms with Crippen molar-refractivity contribution in [2.24, 2.45) is 0 Å². The molecule has 0 aromatic carbocycles. The second kappa shape index (κ2) is 7.38. The highest BCUT2D eigenvalue weighted by atomic mass is 32.1. The first-order valence-corrected chi connectivity index (χ1v) is 10.4. The zero-order chi connectivity index (χ0) is 19.8.